The van der Waals surface area contributed by atoms with Gasteiger partial charge in [0.2, 0.25) is 0 Å². The Balaban J connectivity index is 0.000000499. The molecule has 2 aliphatic heterocycles. The van der Waals surface area contributed by atoms with E-state index < -0.39 is 11.9 Å². The SMILES string of the molecule is CCOC=O.CN1CC2(CCC(N3CCN(c4ncc(F)cc4-c4cnc(F)nc4)CC3)C2)C1. The fraction of sp³-hybridized carbons (Fsp3) is 0.583. The summed E-state index contributed by atoms with van der Waals surface area (Å²) < 4.78 is 31.1. The molecule has 8 nitrogen and oxygen atoms in total. The van der Waals surface area contributed by atoms with Crippen molar-refractivity contribution in [1.29, 1.82) is 0 Å². The second kappa shape index (κ2) is 10.7. The molecule has 1 spiro atoms. The van der Waals surface area contributed by atoms with Gasteiger partial charge in [-0.1, -0.05) is 0 Å². The number of piperazine rings is 1. The molecular weight excluding hydrogens is 442 g/mol. The van der Waals surface area contributed by atoms with Crippen molar-refractivity contribution in [3.63, 3.8) is 0 Å². The number of hydrogen-bond acceptors (Lipinski definition) is 8. The number of carbonyl (C=O) groups is 1. The minimum atomic E-state index is -0.791. The molecule has 0 bridgehead atoms. The number of likely N-dealkylation sites (tertiary alicyclic amines) is 1. The first-order chi connectivity index (χ1) is 16.4. The first-order valence-corrected chi connectivity index (χ1v) is 11.8. The van der Waals surface area contributed by atoms with Crippen molar-refractivity contribution in [3.05, 3.63) is 36.6 Å². The number of hydrogen-bond donors (Lipinski definition) is 0. The van der Waals surface area contributed by atoms with Gasteiger partial charge in [0.25, 0.3) is 6.47 Å². The maximum Gasteiger partial charge on any atom is 0.308 e. The Morgan fingerprint density at radius 2 is 1.82 bits per heavy atom. The first kappa shape index (κ1) is 24.4. The molecule has 1 saturated carbocycles. The highest BCUT2D eigenvalue weighted by atomic mass is 19.1. The number of rotatable bonds is 5. The Morgan fingerprint density at radius 1 is 1.12 bits per heavy atom. The molecule has 2 aromatic heterocycles. The largest absolute Gasteiger partial charge is 0.468 e. The molecule has 3 fully saturated rings. The van der Waals surface area contributed by atoms with Gasteiger partial charge in [-0.15, -0.1) is 0 Å². The summed E-state index contributed by atoms with van der Waals surface area (Å²) in [6, 6.07) is 2.11. The van der Waals surface area contributed by atoms with Crippen molar-refractivity contribution in [2.24, 2.45) is 5.41 Å². The predicted octanol–water partition coefficient (Wildman–Crippen LogP) is 2.60. The minimum absolute atomic E-state index is 0.423. The number of halogens is 2. The smallest absolute Gasteiger partial charge is 0.308 e. The summed E-state index contributed by atoms with van der Waals surface area (Å²) in [7, 11) is 2.21. The number of carbonyl (C=O) groups excluding carboxylic acids is 1. The van der Waals surface area contributed by atoms with Crippen molar-refractivity contribution in [1.82, 2.24) is 24.8 Å². The van der Waals surface area contributed by atoms with Crippen LogP contribution in [-0.4, -0.2) is 90.2 Å². The zero-order valence-electron chi connectivity index (χ0n) is 19.8. The van der Waals surface area contributed by atoms with Crippen LogP contribution in [0.3, 0.4) is 0 Å². The highest BCUT2D eigenvalue weighted by molar-refractivity contribution is 5.75. The van der Waals surface area contributed by atoms with E-state index in [2.05, 4.69) is 41.4 Å². The fourth-order valence-electron chi connectivity index (χ4n) is 5.59. The molecule has 0 aromatic carbocycles. The lowest BCUT2D eigenvalue weighted by atomic mass is 9.78. The van der Waals surface area contributed by atoms with E-state index in [-0.39, 0.29) is 0 Å². The summed E-state index contributed by atoms with van der Waals surface area (Å²) in [6.07, 6.45) is 7.16. The van der Waals surface area contributed by atoms with E-state index in [1.807, 2.05) is 0 Å². The summed E-state index contributed by atoms with van der Waals surface area (Å²) in [5, 5.41) is 0. The molecule has 1 atom stereocenters. The Hall–Kier alpha value is -2.72. The Labute approximate surface area is 198 Å². The fourth-order valence-corrected chi connectivity index (χ4v) is 5.59. The average Bonchev–Trinajstić information content (AvgIpc) is 3.26. The zero-order chi connectivity index (χ0) is 24.1. The third kappa shape index (κ3) is 5.50. The van der Waals surface area contributed by atoms with Crippen LogP contribution in [0.4, 0.5) is 14.6 Å². The zero-order valence-corrected chi connectivity index (χ0v) is 19.8. The molecule has 0 N–H and O–H groups in total. The van der Waals surface area contributed by atoms with Crippen LogP contribution in [0.5, 0.6) is 0 Å². The monoisotopic (exact) mass is 474 g/mol. The van der Waals surface area contributed by atoms with Gasteiger partial charge in [-0.25, -0.2) is 19.3 Å². The number of aromatic nitrogens is 3. The van der Waals surface area contributed by atoms with E-state index in [0.717, 1.165) is 26.2 Å². The Morgan fingerprint density at radius 3 is 2.41 bits per heavy atom. The topological polar surface area (TPSA) is 74.7 Å². The van der Waals surface area contributed by atoms with Gasteiger partial charge in [0.15, 0.2) is 0 Å². The highest BCUT2D eigenvalue weighted by Crippen LogP contribution is 2.46. The molecule has 10 heteroatoms. The van der Waals surface area contributed by atoms with Crippen molar-refractivity contribution >= 4 is 12.3 Å². The quantitative estimate of drug-likeness (QED) is 0.484. The van der Waals surface area contributed by atoms with Gasteiger partial charge in [0.05, 0.1) is 12.8 Å². The molecule has 2 saturated heterocycles. The van der Waals surface area contributed by atoms with Crippen LogP contribution in [0.25, 0.3) is 11.1 Å². The molecule has 4 heterocycles. The summed E-state index contributed by atoms with van der Waals surface area (Å²) >= 11 is 0. The normalized spacial score (nSPS) is 22.1. The van der Waals surface area contributed by atoms with Crippen molar-refractivity contribution in [2.45, 2.75) is 32.2 Å². The van der Waals surface area contributed by atoms with Crippen LogP contribution in [0.15, 0.2) is 24.7 Å². The van der Waals surface area contributed by atoms with E-state index in [4.69, 9.17) is 0 Å². The molecule has 5 rings (SSSR count). The van der Waals surface area contributed by atoms with Gasteiger partial charge < -0.3 is 14.5 Å². The van der Waals surface area contributed by atoms with Gasteiger partial charge in [0.1, 0.15) is 11.6 Å². The summed E-state index contributed by atoms with van der Waals surface area (Å²) in [5.41, 5.74) is 1.74. The van der Waals surface area contributed by atoms with Crippen LogP contribution in [0.1, 0.15) is 26.2 Å². The Kier molecular flexibility index (Phi) is 7.67. The molecule has 0 amide bonds. The maximum atomic E-state index is 13.9. The molecule has 1 unspecified atom stereocenters. The van der Waals surface area contributed by atoms with E-state index in [1.165, 1.54) is 57.0 Å². The summed E-state index contributed by atoms with van der Waals surface area (Å²) in [6.45, 7) is 8.80. The third-order valence-electron chi connectivity index (χ3n) is 7.02. The molecule has 34 heavy (non-hydrogen) atoms. The molecular formula is C24H32F2N6O2. The van der Waals surface area contributed by atoms with Crippen molar-refractivity contribution in [2.75, 3.05) is 57.8 Å². The van der Waals surface area contributed by atoms with Gasteiger partial charge in [0, 0.05) is 68.8 Å². The first-order valence-electron chi connectivity index (χ1n) is 11.8. The van der Waals surface area contributed by atoms with E-state index >= 15 is 0 Å². The van der Waals surface area contributed by atoms with Gasteiger partial charge in [-0.3, -0.25) is 9.69 Å². The molecule has 0 radical (unpaired) electrons. The lowest BCUT2D eigenvalue weighted by Gasteiger charge is -2.47. The average molecular weight is 475 g/mol. The number of anilines is 1. The molecule has 184 valence electrons. The van der Waals surface area contributed by atoms with E-state index in [9.17, 15) is 13.6 Å². The van der Waals surface area contributed by atoms with Gasteiger partial charge >= 0.3 is 6.08 Å². The standard InChI is InChI=1S/C21H26F2N6.C3H6O2/c1-27-13-21(14-27)3-2-17(9-21)28-4-6-29(7-5-28)19-18(8-16(22)12-24-19)15-10-25-20(23)26-11-15;1-2-5-3-4/h8,10-12,17H,2-7,9,13-14H2,1H3;3H,2H2,1H3. The van der Waals surface area contributed by atoms with Gasteiger partial charge in [-0.05, 0) is 44.7 Å². The molecule has 2 aromatic rings. The lowest BCUT2D eigenvalue weighted by Crippen LogP contribution is -2.54. The van der Waals surface area contributed by atoms with Crippen LogP contribution in [-0.2, 0) is 9.53 Å². The Bertz CT molecular complexity index is 962. The second-order valence-corrected chi connectivity index (χ2v) is 9.41. The second-order valence-electron chi connectivity index (χ2n) is 9.41. The van der Waals surface area contributed by atoms with Crippen molar-refractivity contribution < 1.29 is 18.3 Å². The van der Waals surface area contributed by atoms with Crippen LogP contribution >= 0.6 is 0 Å². The van der Waals surface area contributed by atoms with E-state index in [0.29, 0.717) is 41.5 Å². The van der Waals surface area contributed by atoms with Crippen molar-refractivity contribution in [3.8, 4) is 11.1 Å². The number of nitrogens with zero attached hydrogens (tertiary/aromatic N) is 6. The van der Waals surface area contributed by atoms with Crippen LogP contribution in [0.2, 0.25) is 0 Å². The lowest BCUT2D eigenvalue weighted by molar-refractivity contribution is -0.128. The maximum absolute atomic E-state index is 13.9. The minimum Gasteiger partial charge on any atom is -0.468 e. The predicted molar refractivity (Wildman–Crippen MR) is 124 cm³/mol. The summed E-state index contributed by atoms with van der Waals surface area (Å²) in [5.74, 6) is 0.290. The summed E-state index contributed by atoms with van der Waals surface area (Å²) in [4.78, 5) is 28.0. The number of ether oxygens (including phenoxy) is 1. The number of pyridine rings is 1. The molecule has 3 aliphatic rings. The van der Waals surface area contributed by atoms with E-state index in [1.54, 1.807) is 6.92 Å². The van der Waals surface area contributed by atoms with Crippen LogP contribution < -0.4 is 4.90 Å². The van der Waals surface area contributed by atoms with Gasteiger partial charge in [-0.2, -0.15) is 4.39 Å². The third-order valence-corrected chi connectivity index (χ3v) is 7.02. The molecule has 1 aliphatic carbocycles. The van der Waals surface area contributed by atoms with Crippen LogP contribution in [0, 0.1) is 17.3 Å². The highest BCUT2D eigenvalue weighted by Gasteiger charge is 2.48.